The predicted octanol–water partition coefficient (Wildman–Crippen LogP) is 2.28. The lowest BCUT2D eigenvalue weighted by Gasteiger charge is -2.45. The van der Waals surface area contributed by atoms with Crippen molar-refractivity contribution in [1.29, 1.82) is 0 Å². The third-order valence-electron chi connectivity index (χ3n) is 4.56. The Balaban J connectivity index is 1.77. The fourth-order valence-corrected chi connectivity index (χ4v) is 3.53. The van der Waals surface area contributed by atoms with Gasteiger partial charge in [0.2, 0.25) is 0 Å². The minimum atomic E-state index is -0.647. The van der Waals surface area contributed by atoms with Crippen LogP contribution in [0.2, 0.25) is 0 Å². The molecule has 0 bridgehead atoms. The van der Waals surface area contributed by atoms with Crippen LogP contribution in [0.15, 0.2) is 0 Å². The molecule has 0 N–H and O–H groups in total. The molecule has 24 heavy (non-hydrogen) atoms. The van der Waals surface area contributed by atoms with E-state index in [0.29, 0.717) is 39.2 Å². The van der Waals surface area contributed by atoms with Crippen LogP contribution in [0.5, 0.6) is 0 Å². The number of ether oxygens (including phenoxy) is 5. The number of hydrogen-bond acceptors (Lipinski definition) is 6. The second-order valence-corrected chi connectivity index (χ2v) is 8.17. The van der Waals surface area contributed by atoms with Crippen molar-refractivity contribution >= 4 is 6.09 Å². The van der Waals surface area contributed by atoms with Crippen LogP contribution in [0.3, 0.4) is 0 Å². The van der Waals surface area contributed by atoms with Gasteiger partial charge in [0.25, 0.3) is 0 Å². The molecule has 7 heteroatoms. The summed E-state index contributed by atoms with van der Waals surface area (Å²) in [6, 6.07) is -0.200. The summed E-state index contributed by atoms with van der Waals surface area (Å²) in [4.78, 5) is 14.4. The molecule has 2 atom stereocenters. The van der Waals surface area contributed by atoms with Crippen molar-refractivity contribution in [3.05, 3.63) is 0 Å². The molecule has 7 nitrogen and oxygen atoms in total. The van der Waals surface area contributed by atoms with Gasteiger partial charge in [-0.25, -0.2) is 4.79 Å². The van der Waals surface area contributed by atoms with E-state index < -0.39 is 17.2 Å². The highest BCUT2D eigenvalue weighted by Crippen LogP contribution is 2.39. The van der Waals surface area contributed by atoms with Crippen molar-refractivity contribution in [1.82, 2.24) is 4.90 Å². The standard InChI is InChI=1S/C17H29NO6/c1-15(2,3)24-14(19)18-7-6-17(20-8-9-21-17)10-12(18)13-11-22-16(4,5)23-13/h12-13H,6-11H2,1-5H3/t12-,13-/m1/s1. The molecule has 0 aromatic rings. The minimum Gasteiger partial charge on any atom is -0.444 e. The normalized spacial score (nSPS) is 32.3. The first-order valence-corrected chi connectivity index (χ1v) is 8.69. The minimum absolute atomic E-state index is 0.200. The average molecular weight is 343 g/mol. The maximum atomic E-state index is 12.7. The molecule has 3 aliphatic heterocycles. The van der Waals surface area contributed by atoms with Gasteiger partial charge in [0, 0.05) is 19.4 Å². The summed E-state index contributed by atoms with van der Waals surface area (Å²) in [7, 11) is 0. The second kappa shape index (κ2) is 6.12. The Morgan fingerprint density at radius 1 is 1.17 bits per heavy atom. The number of carbonyl (C=O) groups excluding carboxylic acids is 1. The van der Waals surface area contributed by atoms with Crippen LogP contribution in [-0.4, -0.2) is 66.7 Å². The number of rotatable bonds is 1. The van der Waals surface area contributed by atoms with Gasteiger partial charge >= 0.3 is 6.09 Å². The zero-order valence-corrected chi connectivity index (χ0v) is 15.3. The Morgan fingerprint density at radius 2 is 1.83 bits per heavy atom. The van der Waals surface area contributed by atoms with Crippen molar-refractivity contribution in [2.24, 2.45) is 0 Å². The molecular formula is C17H29NO6. The number of piperidine rings is 1. The van der Waals surface area contributed by atoms with Crippen molar-refractivity contribution in [2.45, 2.75) is 76.8 Å². The highest BCUT2D eigenvalue weighted by Gasteiger charge is 2.51. The summed E-state index contributed by atoms with van der Waals surface area (Å²) in [5.41, 5.74) is -0.538. The van der Waals surface area contributed by atoms with E-state index in [-0.39, 0.29) is 18.2 Å². The molecule has 0 saturated carbocycles. The quantitative estimate of drug-likeness (QED) is 0.728. The lowest BCUT2D eigenvalue weighted by atomic mass is 9.92. The van der Waals surface area contributed by atoms with Crippen molar-refractivity contribution in [3.63, 3.8) is 0 Å². The zero-order chi connectivity index (χ0) is 17.6. The van der Waals surface area contributed by atoms with Gasteiger partial charge in [-0.1, -0.05) is 0 Å². The van der Waals surface area contributed by atoms with E-state index in [1.165, 1.54) is 0 Å². The first kappa shape index (κ1) is 17.9. The van der Waals surface area contributed by atoms with Crippen molar-refractivity contribution in [2.75, 3.05) is 26.4 Å². The van der Waals surface area contributed by atoms with Crippen molar-refractivity contribution in [3.8, 4) is 0 Å². The second-order valence-electron chi connectivity index (χ2n) is 8.17. The van der Waals surface area contributed by atoms with E-state index in [1.807, 2.05) is 34.6 Å². The van der Waals surface area contributed by atoms with Crippen LogP contribution in [0, 0.1) is 0 Å². The molecule has 0 aliphatic carbocycles. The Hall–Kier alpha value is -0.890. The molecule has 0 aromatic carbocycles. The summed E-state index contributed by atoms with van der Waals surface area (Å²) in [5, 5.41) is 0. The molecule has 3 saturated heterocycles. The fraction of sp³-hybridized carbons (Fsp3) is 0.941. The summed E-state index contributed by atoms with van der Waals surface area (Å²) < 4.78 is 29.0. The zero-order valence-electron chi connectivity index (χ0n) is 15.3. The monoisotopic (exact) mass is 343 g/mol. The Morgan fingerprint density at radius 3 is 2.38 bits per heavy atom. The smallest absolute Gasteiger partial charge is 0.410 e. The van der Waals surface area contributed by atoms with Gasteiger partial charge in [-0.05, 0) is 34.6 Å². The first-order valence-electron chi connectivity index (χ1n) is 8.69. The highest BCUT2D eigenvalue weighted by molar-refractivity contribution is 5.69. The van der Waals surface area contributed by atoms with Gasteiger partial charge in [-0.3, -0.25) is 0 Å². The number of amides is 1. The van der Waals surface area contributed by atoms with Gasteiger partial charge in [0.1, 0.15) is 11.7 Å². The molecule has 0 aromatic heterocycles. The van der Waals surface area contributed by atoms with Gasteiger partial charge in [-0.2, -0.15) is 0 Å². The third kappa shape index (κ3) is 3.85. The van der Waals surface area contributed by atoms with Crippen molar-refractivity contribution < 1.29 is 28.5 Å². The largest absolute Gasteiger partial charge is 0.444 e. The number of nitrogens with zero attached hydrogens (tertiary/aromatic N) is 1. The summed E-state index contributed by atoms with van der Waals surface area (Å²) in [6.07, 6.45) is 0.655. The molecule has 3 rings (SSSR count). The van der Waals surface area contributed by atoms with E-state index in [0.717, 1.165) is 0 Å². The Labute approximate surface area is 143 Å². The summed E-state index contributed by atoms with van der Waals surface area (Å²) >= 11 is 0. The van der Waals surface area contributed by atoms with E-state index in [9.17, 15) is 4.79 Å². The number of likely N-dealkylation sites (tertiary alicyclic amines) is 1. The van der Waals surface area contributed by atoms with E-state index in [2.05, 4.69) is 0 Å². The maximum absolute atomic E-state index is 12.7. The van der Waals surface area contributed by atoms with Crippen LogP contribution in [0.4, 0.5) is 4.79 Å². The number of hydrogen-bond donors (Lipinski definition) is 0. The van der Waals surface area contributed by atoms with Crippen LogP contribution < -0.4 is 0 Å². The molecule has 0 radical (unpaired) electrons. The number of carbonyl (C=O) groups is 1. The van der Waals surface area contributed by atoms with Crippen LogP contribution in [0.1, 0.15) is 47.5 Å². The first-order chi connectivity index (χ1) is 11.1. The molecule has 1 amide bonds. The van der Waals surface area contributed by atoms with Gasteiger partial charge < -0.3 is 28.6 Å². The summed E-state index contributed by atoms with van der Waals surface area (Å²) in [6.45, 7) is 11.5. The lowest BCUT2D eigenvalue weighted by molar-refractivity contribution is -0.209. The Kier molecular flexibility index (Phi) is 4.57. The molecule has 3 heterocycles. The predicted molar refractivity (Wildman–Crippen MR) is 85.5 cm³/mol. The SMILES string of the molecule is CC(C)(C)OC(=O)N1CCC2(C[C@@H]1[C@H]1COC(C)(C)O1)OCCO2. The van der Waals surface area contributed by atoms with E-state index in [4.69, 9.17) is 23.7 Å². The molecule has 0 unspecified atom stereocenters. The molecule has 1 spiro atoms. The van der Waals surface area contributed by atoms with Crippen LogP contribution in [-0.2, 0) is 23.7 Å². The fourth-order valence-electron chi connectivity index (χ4n) is 3.53. The van der Waals surface area contributed by atoms with E-state index in [1.54, 1.807) is 4.90 Å². The van der Waals surface area contributed by atoms with Crippen LogP contribution in [0.25, 0.3) is 0 Å². The summed E-state index contributed by atoms with van der Waals surface area (Å²) in [5.74, 6) is -1.26. The molecule has 3 fully saturated rings. The maximum Gasteiger partial charge on any atom is 0.410 e. The molecule has 138 valence electrons. The molecular weight excluding hydrogens is 314 g/mol. The topological polar surface area (TPSA) is 66.5 Å². The highest BCUT2D eigenvalue weighted by atomic mass is 16.7. The van der Waals surface area contributed by atoms with Crippen LogP contribution >= 0.6 is 0 Å². The Bertz CT molecular complexity index is 480. The van der Waals surface area contributed by atoms with Gasteiger partial charge in [-0.15, -0.1) is 0 Å². The third-order valence-corrected chi connectivity index (χ3v) is 4.56. The lowest BCUT2D eigenvalue weighted by Crippen LogP contribution is -2.58. The van der Waals surface area contributed by atoms with Gasteiger partial charge in [0.15, 0.2) is 11.6 Å². The van der Waals surface area contributed by atoms with E-state index >= 15 is 0 Å². The molecule has 3 aliphatic rings. The average Bonchev–Trinajstić information content (AvgIpc) is 3.03. The van der Waals surface area contributed by atoms with Gasteiger partial charge in [0.05, 0.1) is 25.9 Å².